The lowest BCUT2D eigenvalue weighted by Gasteiger charge is -2.14. The molecule has 2 N–H and O–H groups in total. The van der Waals surface area contributed by atoms with E-state index in [9.17, 15) is 18.5 Å². The maximum atomic E-state index is 12.1. The Morgan fingerprint density at radius 1 is 0.920 bits per heavy atom. The monoisotopic (exact) mass is 355 g/mol. The van der Waals surface area contributed by atoms with Crippen LogP contribution in [0.25, 0.3) is 22.4 Å². The van der Waals surface area contributed by atoms with Crippen molar-refractivity contribution in [1.82, 2.24) is 4.98 Å². The number of nitro benzene ring substituents is 1. The average molecular weight is 355 g/mol. The fourth-order valence-electron chi connectivity index (χ4n) is 2.62. The SMILES string of the molecule is NS(=O)(=O)c1ccc([N+](=O)[O-])c(-c2ccccn2)c1-c1ccccc1. The minimum Gasteiger partial charge on any atom is -0.258 e. The second-order valence-corrected chi connectivity index (χ2v) is 6.75. The molecule has 0 aliphatic heterocycles. The normalized spacial score (nSPS) is 11.2. The summed E-state index contributed by atoms with van der Waals surface area (Å²) in [5.74, 6) is 0. The molecule has 0 radical (unpaired) electrons. The summed E-state index contributed by atoms with van der Waals surface area (Å²) in [4.78, 5) is 14.9. The van der Waals surface area contributed by atoms with Crippen molar-refractivity contribution >= 4 is 15.7 Å². The average Bonchev–Trinajstić information content (AvgIpc) is 2.61. The van der Waals surface area contributed by atoms with Gasteiger partial charge in [0.2, 0.25) is 10.0 Å². The number of nitrogens with two attached hydrogens (primary N) is 1. The van der Waals surface area contributed by atoms with Crippen LogP contribution < -0.4 is 5.14 Å². The second-order valence-electron chi connectivity index (χ2n) is 5.22. The molecule has 1 aromatic heterocycles. The molecule has 7 nitrogen and oxygen atoms in total. The molecule has 0 fully saturated rings. The highest BCUT2D eigenvalue weighted by Crippen LogP contribution is 2.41. The zero-order valence-electron chi connectivity index (χ0n) is 12.9. The van der Waals surface area contributed by atoms with Crippen molar-refractivity contribution in [1.29, 1.82) is 0 Å². The van der Waals surface area contributed by atoms with Crippen LogP contribution in [0, 0.1) is 10.1 Å². The lowest BCUT2D eigenvalue weighted by Crippen LogP contribution is -2.14. The molecule has 0 atom stereocenters. The number of benzene rings is 2. The van der Waals surface area contributed by atoms with Gasteiger partial charge in [-0.25, -0.2) is 13.6 Å². The van der Waals surface area contributed by atoms with Crippen molar-refractivity contribution in [2.24, 2.45) is 5.14 Å². The van der Waals surface area contributed by atoms with Crippen LogP contribution in [-0.2, 0) is 10.0 Å². The Bertz CT molecular complexity index is 1040. The van der Waals surface area contributed by atoms with Gasteiger partial charge in [-0.3, -0.25) is 15.1 Å². The first kappa shape index (κ1) is 16.7. The van der Waals surface area contributed by atoms with Crippen molar-refractivity contribution in [2.75, 3.05) is 0 Å². The van der Waals surface area contributed by atoms with E-state index in [4.69, 9.17) is 5.14 Å². The van der Waals surface area contributed by atoms with Crippen LogP contribution in [0.4, 0.5) is 5.69 Å². The molecule has 0 aliphatic rings. The largest absolute Gasteiger partial charge is 0.279 e. The highest BCUT2D eigenvalue weighted by molar-refractivity contribution is 7.89. The maximum absolute atomic E-state index is 12.1. The van der Waals surface area contributed by atoms with Crippen LogP contribution in [0.15, 0.2) is 71.8 Å². The predicted molar refractivity (Wildman–Crippen MR) is 93.1 cm³/mol. The van der Waals surface area contributed by atoms with E-state index in [1.165, 1.54) is 6.20 Å². The molecule has 8 heteroatoms. The van der Waals surface area contributed by atoms with E-state index in [2.05, 4.69) is 4.98 Å². The molecular formula is C17H13N3O4S. The first-order valence-electron chi connectivity index (χ1n) is 7.20. The Labute approximate surface area is 144 Å². The minimum atomic E-state index is -4.10. The first-order chi connectivity index (χ1) is 11.9. The summed E-state index contributed by atoms with van der Waals surface area (Å²) in [5.41, 5.74) is 0.818. The Balaban J connectivity index is 2.51. The van der Waals surface area contributed by atoms with Gasteiger partial charge in [-0.05, 0) is 23.8 Å². The Kier molecular flexibility index (Phi) is 4.30. The van der Waals surface area contributed by atoms with Crippen LogP contribution in [0.5, 0.6) is 0 Å². The fourth-order valence-corrected chi connectivity index (χ4v) is 3.39. The van der Waals surface area contributed by atoms with Gasteiger partial charge >= 0.3 is 0 Å². The van der Waals surface area contributed by atoms with E-state index in [-0.39, 0.29) is 21.7 Å². The number of nitro groups is 1. The number of primary sulfonamides is 1. The third kappa shape index (κ3) is 3.25. The van der Waals surface area contributed by atoms with E-state index in [1.807, 2.05) is 0 Å². The molecule has 1 heterocycles. The lowest BCUT2D eigenvalue weighted by molar-refractivity contribution is -0.384. The molecule has 0 aliphatic carbocycles. The summed E-state index contributed by atoms with van der Waals surface area (Å²) < 4.78 is 24.2. The molecule has 0 spiro atoms. The highest BCUT2D eigenvalue weighted by Gasteiger charge is 2.27. The molecule has 0 saturated carbocycles. The number of pyridine rings is 1. The molecule has 0 amide bonds. The Morgan fingerprint density at radius 3 is 2.16 bits per heavy atom. The molecule has 3 aromatic rings. The first-order valence-corrected chi connectivity index (χ1v) is 8.75. The highest BCUT2D eigenvalue weighted by atomic mass is 32.2. The second kappa shape index (κ2) is 6.42. The lowest BCUT2D eigenvalue weighted by atomic mass is 9.95. The van der Waals surface area contributed by atoms with Crippen molar-refractivity contribution in [3.05, 3.63) is 77.0 Å². The molecule has 3 rings (SSSR count). The quantitative estimate of drug-likeness (QED) is 0.570. The summed E-state index contributed by atoms with van der Waals surface area (Å²) >= 11 is 0. The zero-order valence-corrected chi connectivity index (χ0v) is 13.7. The van der Waals surface area contributed by atoms with Gasteiger partial charge in [0.05, 0.1) is 21.1 Å². The maximum Gasteiger partial charge on any atom is 0.279 e. The summed E-state index contributed by atoms with van der Waals surface area (Å²) in [6.07, 6.45) is 1.48. The minimum absolute atomic E-state index is 0.114. The molecule has 2 aromatic carbocycles. The van der Waals surface area contributed by atoms with Crippen LogP contribution in [0.1, 0.15) is 0 Å². The third-order valence-electron chi connectivity index (χ3n) is 3.63. The number of aromatic nitrogens is 1. The standard InChI is InChI=1S/C17H13N3O4S/c18-25(23,24)15-10-9-14(20(21)22)17(13-8-4-5-11-19-13)16(15)12-6-2-1-3-7-12/h1-11H,(H2,18,23,24). The van der Waals surface area contributed by atoms with E-state index in [0.29, 0.717) is 11.3 Å². The molecule has 25 heavy (non-hydrogen) atoms. The zero-order chi connectivity index (χ0) is 18.0. The predicted octanol–water partition coefficient (Wildman–Crippen LogP) is 2.97. The van der Waals surface area contributed by atoms with Crippen molar-refractivity contribution < 1.29 is 13.3 Å². The van der Waals surface area contributed by atoms with Gasteiger partial charge in [-0.2, -0.15) is 0 Å². The molecular weight excluding hydrogens is 342 g/mol. The van der Waals surface area contributed by atoms with E-state index < -0.39 is 14.9 Å². The van der Waals surface area contributed by atoms with Gasteiger partial charge < -0.3 is 0 Å². The number of hydrogen-bond acceptors (Lipinski definition) is 5. The van der Waals surface area contributed by atoms with E-state index in [1.54, 1.807) is 48.5 Å². The molecule has 0 unspecified atom stereocenters. The van der Waals surface area contributed by atoms with Crippen molar-refractivity contribution in [2.45, 2.75) is 4.90 Å². The summed E-state index contributed by atoms with van der Waals surface area (Å²) in [7, 11) is -4.10. The molecule has 0 saturated heterocycles. The van der Waals surface area contributed by atoms with E-state index >= 15 is 0 Å². The van der Waals surface area contributed by atoms with Crippen LogP contribution in [-0.4, -0.2) is 18.3 Å². The van der Waals surface area contributed by atoms with Gasteiger partial charge in [0, 0.05) is 17.8 Å². The number of sulfonamides is 1. The molecule has 126 valence electrons. The number of rotatable bonds is 4. The smallest absolute Gasteiger partial charge is 0.258 e. The van der Waals surface area contributed by atoms with Gasteiger partial charge in [-0.1, -0.05) is 36.4 Å². The third-order valence-corrected chi connectivity index (χ3v) is 4.59. The van der Waals surface area contributed by atoms with Crippen molar-refractivity contribution in [3.63, 3.8) is 0 Å². The summed E-state index contributed by atoms with van der Waals surface area (Å²) in [6.45, 7) is 0. The topological polar surface area (TPSA) is 116 Å². The summed E-state index contributed by atoms with van der Waals surface area (Å²) in [5, 5.41) is 16.9. The number of nitrogens with zero attached hydrogens (tertiary/aromatic N) is 2. The van der Waals surface area contributed by atoms with Gasteiger partial charge in [0.1, 0.15) is 0 Å². The van der Waals surface area contributed by atoms with Crippen LogP contribution in [0.2, 0.25) is 0 Å². The van der Waals surface area contributed by atoms with Crippen LogP contribution >= 0.6 is 0 Å². The van der Waals surface area contributed by atoms with E-state index in [0.717, 1.165) is 12.1 Å². The van der Waals surface area contributed by atoms with Crippen molar-refractivity contribution in [3.8, 4) is 22.4 Å². The molecule has 0 bridgehead atoms. The van der Waals surface area contributed by atoms with Crippen LogP contribution in [0.3, 0.4) is 0 Å². The van der Waals surface area contributed by atoms with Gasteiger partial charge in [0.25, 0.3) is 5.69 Å². The summed E-state index contributed by atoms with van der Waals surface area (Å²) in [6, 6.07) is 15.7. The van der Waals surface area contributed by atoms with Gasteiger partial charge in [0.15, 0.2) is 0 Å². The van der Waals surface area contributed by atoms with Gasteiger partial charge in [-0.15, -0.1) is 0 Å². The fraction of sp³-hybridized carbons (Fsp3) is 0. The Hall–Kier alpha value is -3.10. The number of hydrogen-bond donors (Lipinski definition) is 1. The Morgan fingerprint density at radius 2 is 1.60 bits per heavy atom.